The van der Waals surface area contributed by atoms with Crippen LogP contribution in [0.4, 0.5) is 5.82 Å². The molecule has 2 aromatic heterocycles. The van der Waals surface area contributed by atoms with Crippen molar-refractivity contribution in [1.82, 2.24) is 9.38 Å². The summed E-state index contributed by atoms with van der Waals surface area (Å²) in [4.78, 5) is 31.8. The molecule has 9 heteroatoms. The van der Waals surface area contributed by atoms with Gasteiger partial charge in [-0.05, 0) is 18.2 Å². The van der Waals surface area contributed by atoms with Crippen LogP contribution in [0.25, 0.3) is 16.6 Å². The summed E-state index contributed by atoms with van der Waals surface area (Å²) in [5, 5.41) is 0.516. The van der Waals surface area contributed by atoms with Crippen LogP contribution < -0.4 is 4.90 Å². The Labute approximate surface area is 165 Å². The lowest BCUT2D eigenvalue weighted by Crippen LogP contribution is -2.37. The van der Waals surface area contributed by atoms with Gasteiger partial charge in [0.05, 0.1) is 44.0 Å². The van der Waals surface area contributed by atoms with Gasteiger partial charge in [0, 0.05) is 24.3 Å². The van der Waals surface area contributed by atoms with Crippen LogP contribution in [-0.4, -0.2) is 61.8 Å². The third-order valence-corrected chi connectivity index (χ3v) is 4.98. The number of methoxy groups -OCH3 is 2. The van der Waals surface area contributed by atoms with Gasteiger partial charge in [0.1, 0.15) is 11.1 Å². The largest absolute Gasteiger partial charge is 0.465 e. The van der Waals surface area contributed by atoms with Crippen molar-refractivity contribution in [3.63, 3.8) is 0 Å². The quantitative estimate of drug-likeness (QED) is 0.621. The number of halogens is 1. The smallest absolute Gasteiger partial charge is 0.341 e. The molecule has 0 bridgehead atoms. The number of hydrogen-bond acceptors (Lipinski definition) is 7. The number of morpholine rings is 1. The third-order valence-electron chi connectivity index (χ3n) is 4.75. The molecule has 1 fully saturated rings. The second-order valence-corrected chi connectivity index (χ2v) is 6.72. The highest BCUT2D eigenvalue weighted by molar-refractivity contribution is 6.31. The first-order valence-electron chi connectivity index (χ1n) is 8.68. The summed E-state index contributed by atoms with van der Waals surface area (Å²) in [6.45, 7) is 2.32. The van der Waals surface area contributed by atoms with E-state index in [1.165, 1.54) is 14.2 Å². The van der Waals surface area contributed by atoms with E-state index in [0.29, 0.717) is 53.7 Å². The number of fused-ring (bicyclic) bond motifs is 3. The van der Waals surface area contributed by atoms with Crippen LogP contribution in [0.2, 0.25) is 5.02 Å². The SMILES string of the molecule is COC(=O)c1cn2c(c(N3CCOCC3)nc3ccc(Cl)cc32)c1C(=O)OC. The van der Waals surface area contributed by atoms with Crippen LogP contribution in [0.3, 0.4) is 0 Å². The number of ether oxygens (including phenoxy) is 3. The van der Waals surface area contributed by atoms with Gasteiger partial charge in [0.2, 0.25) is 0 Å². The van der Waals surface area contributed by atoms with Crippen molar-refractivity contribution in [3.05, 3.63) is 40.5 Å². The number of benzene rings is 1. The minimum atomic E-state index is -0.638. The number of hydrogen-bond donors (Lipinski definition) is 0. The zero-order chi connectivity index (χ0) is 19.8. The molecule has 1 aliphatic rings. The molecule has 3 heterocycles. The molecule has 4 rings (SSSR count). The Morgan fingerprint density at radius 1 is 1.14 bits per heavy atom. The Morgan fingerprint density at radius 2 is 1.86 bits per heavy atom. The molecule has 0 aliphatic carbocycles. The highest BCUT2D eigenvalue weighted by atomic mass is 35.5. The number of aromatic nitrogens is 2. The maximum Gasteiger partial charge on any atom is 0.341 e. The number of rotatable bonds is 3. The van der Waals surface area contributed by atoms with E-state index in [-0.39, 0.29) is 11.1 Å². The highest BCUT2D eigenvalue weighted by Crippen LogP contribution is 2.33. The Balaban J connectivity index is 2.13. The van der Waals surface area contributed by atoms with E-state index in [1.54, 1.807) is 28.8 Å². The summed E-state index contributed by atoms with van der Waals surface area (Å²) in [6, 6.07) is 5.29. The Hall–Kier alpha value is -2.84. The molecule has 3 aromatic rings. The highest BCUT2D eigenvalue weighted by Gasteiger charge is 2.29. The van der Waals surface area contributed by atoms with Crippen LogP contribution in [0.15, 0.2) is 24.4 Å². The molecule has 8 nitrogen and oxygen atoms in total. The second kappa shape index (κ2) is 7.29. The van der Waals surface area contributed by atoms with Crippen LogP contribution in [0.5, 0.6) is 0 Å². The van der Waals surface area contributed by atoms with E-state index in [4.69, 9.17) is 30.8 Å². The van der Waals surface area contributed by atoms with Gasteiger partial charge in [-0.2, -0.15) is 0 Å². The van der Waals surface area contributed by atoms with Gasteiger partial charge in [-0.25, -0.2) is 14.6 Å². The average molecular weight is 404 g/mol. The zero-order valence-corrected chi connectivity index (χ0v) is 16.2. The first-order valence-corrected chi connectivity index (χ1v) is 9.06. The molecule has 1 saturated heterocycles. The lowest BCUT2D eigenvalue weighted by Gasteiger charge is -2.29. The topological polar surface area (TPSA) is 82.4 Å². The molecule has 0 spiro atoms. The molecule has 1 aromatic carbocycles. The minimum absolute atomic E-state index is 0.109. The monoisotopic (exact) mass is 403 g/mol. The molecule has 146 valence electrons. The third kappa shape index (κ3) is 2.94. The second-order valence-electron chi connectivity index (χ2n) is 6.29. The fourth-order valence-corrected chi connectivity index (χ4v) is 3.60. The van der Waals surface area contributed by atoms with Gasteiger partial charge in [0.25, 0.3) is 0 Å². The lowest BCUT2D eigenvalue weighted by molar-refractivity contribution is 0.0558. The number of esters is 2. The number of carbonyl (C=O) groups is 2. The molecule has 0 N–H and O–H groups in total. The van der Waals surface area contributed by atoms with E-state index in [1.807, 2.05) is 4.90 Å². The molecule has 0 radical (unpaired) electrons. The van der Waals surface area contributed by atoms with Crippen molar-refractivity contribution in [1.29, 1.82) is 0 Å². The maximum atomic E-state index is 12.6. The van der Waals surface area contributed by atoms with Crippen molar-refractivity contribution < 1.29 is 23.8 Å². The molecule has 1 aliphatic heterocycles. The van der Waals surface area contributed by atoms with Gasteiger partial charge in [0.15, 0.2) is 5.82 Å². The van der Waals surface area contributed by atoms with Crippen molar-refractivity contribution in [2.45, 2.75) is 0 Å². The maximum absolute atomic E-state index is 12.6. The minimum Gasteiger partial charge on any atom is -0.465 e. The first-order chi connectivity index (χ1) is 13.5. The van der Waals surface area contributed by atoms with Gasteiger partial charge >= 0.3 is 11.9 Å². The van der Waals surface area contributed by atoms with Gasteiger partial charge in [-0.15, -0.1) is 0 Å². The molecule has 0 atom stereocenters. The van der Waals surface area contributed by atoms with Crippen molar-refractivity contribution >= 4 is 45.9 Å². The fraction of sp³-hybridized carbons (Fsp3) is 0.316. The summed E-state index contributed by atoms with van der Waals surface area (Å²) >= 11 is 6.18. The summed E-state index contributed by atoms with van der Waals surface area (Å²) < 4.78 is 17.0. The number of nitrogens with zero attached hydrogens (tertiary/aromatic N) is 3. The predicted molar refractivity (Wildman–Crippen MR) is 103 cm³/mol. The molecule has 0 unspecified atom stereocenters. The van der Waals surface area contributed by atoms with E-state index >= 15 is 0 Å². The molecular formula is C19H18ClN3O5. The van der Waals surface area contributed by atoms with E-state index < -0.39 is 11.9 Å². The average Bonchev–Trinajstić information content (AvgIpc) is 3.13. The summed E-state index contributed by atoms with van der Waals surface area (Å²) in [5.41, 5.74) is 2.05. The van der Waals surface area contributed by atoms with Crippen molar-refractivity contribution in [2.24, 2.45) is 0 Å². The van der Waals surface area contributed by atoms with E-state index in [0.717, 1.165) is 0 Å². The number of carbonyl (C=O) groups excluding carboxylic acids is 2. The van der Waals surface area contributed by atoms with Gasteiger partial charge < -0.3 is 23.5 Å². The predicted octanol–water partition coefficient (Wildman–Crippen LogP) is 2.55. The molecular weight excluding hydrogens is 386 g/mol. The summed E-state index contributed by atoms with van der Waals surface area (Å²) in [7, 11) is 2.54. The van der Waals surface area contributed by atoms with Crippen LogP contribution in [0, 0.1) is 0 Å². The summed E-state index contributed by atoms with van der Waals surface area (Å²) in [6.07, 6.45) is 1.57. The first kappa shape index (κ1) is 18.5. The number of anilines is 1. The van der Waals surface area contributed by atoms with Gasteiger partial charge in [-0.1, -0.05) is 11.6 Å². The summed E-state index contributed by atoms with van der Waals surface area (Å²) in [5.74, 6) is -0.693. The molecule has 28 heavy (non-hydrogen) atoms. The van der Waals surface area contributed by atoms with Crippen LogP contribution >= 0.6 is 11.6 Å². The van der Waals surface area contributed by atoms with Gasteiger partial charge in [-0.3, -0.25) is 0 Å². The van der Waals surface area contributed by atoms with Crippen LogP contribution in [-0.2, 0) is 14.2 Å². The van der Waals surface area contributed by atoms with E-state index in [2.05, 4.69) is 0 Å². The van der Waals surface area contributed by atoms with Crippen LogP contribution in [0.1, 0.15) is 20.7 Å². The molecule has 0 amide bonds. The zero-order valence-electron chi connectivity index (χ0n) is 15.4. The Kier molecular flexibility index (Phi) is 4.82. The fourth-order valence-electron chi connectivity index (χ4n) is 3.44. The normalized spacial score (nSPS) is 14.5. The van der Waals surface area contributed by atoms with Crippen molar-refractivity contribution in [3.8, 4) is 0 Å². The lowest BCUT2D eigenvalue weighted by atomic mass is 10.1. The Bertz CT molecular complexity index is 1090. The standard InChI is InChI=1S/C19H18ClN3O5/c1-26-18(24)12-10-23-14-9-11(20)3-4-13(14)21-17(22-5-7-28-8-6-22)16(23)15(12)19(25)27-2/h3-4,9-10H,5-8H2,1-2H3. The molecule has 0 saturated carbocycles. The van der Waals surface area contributed by atoms with E-state index in [9.17, 15) is 9.59 Å². The van der Waals surface area contributed by atoms with Crippen molar-refractivity contribution in [2.75, 3.05) is 45.4 Å². The Morgan fingerprint density at radius 3 is 2.54 bits per heavy atom.